The lowest BCUT2D eigenvalue weighted by Gasteiger charge is -2.41. The number of allylic oxidation sites excluding steroid dienone is 1. The van der Waals surface area contributed by atoms with Crippen LogP contribution in [0.4, 0.5) is 0 Å². The van der Waals surface area contributed by atoms with Gasteiger partial charge < -0.3 is 35.2 Å². The Hall–Kier alpha value is -1.16. The molecule has 7 atom stereocenters. The lowest BCUT2D eigenvalue weighted by atomic mass is 9.99. The van der Waals surface area contributed by atoms with E-state index in [0.717, 1.165) is 38.5 Å². The molecule has 75 heavy (non-hydrogen) atoms. The fourth-order valence-corrected chi connectivity index (χ4v) is 11.1. The van der Waals surface area contributed by atoms with Crippen molar-refractivity contribution in [3.63, 3.8) is 0 Å². The van der Waals surface area contributed by atoms with Crippen LogP contribution in [0.25, 0.3) is 0 Å². The van der Waals surface area contributed by atoms with Crippen molar-refractivity contribution in [2.24, 2.45) is 0 Å². The Morgan fingerprint density at radius 1 is 0.520 bits per heavy atom. The van der Waals surface area contributed by atoms with Crippen molar-refractivity contribution in [2.45, 2.75) is 365 Å². The second-order valence-electron chi connectivity index (χ2n) is 22.7. The number of unbranched alkanes of at least 4 members (excludes halogenated alkanes) is 45. The lowest BCUT2D eigenvalue weighted by Crippen LogP contribution is -2.61. The number of amides is 1. The number of nitrogens with one attached hydrogen (secondary N) is 1. The van der Waals surface area contributed by atoms with E-state index in [9.17, 15) is 38.2 Å². The molecule has 7 unspecified atom stereocenters. The van der Waals surface area contributed by atoms with Crippen molar-refractivity contribution in [2.75, 3.05) is 13.2 Å². The molecule has 0 bridgehead atoms. The summed E-state index contributed by atoms with van der Waals surface area (Å²) < 4.78 is 47.8. The number of aliphatic hydroxyl groups excluding tert-OH is 4. The smallest absolute Gasteiger partial charge is 0.394 e. The summed E-state index contributed by atoms with van der Waals surface area (Å²) in [5.41, 5.74) is 0. The van der Waals surface area contributed by atoms with Crippen molar-refractivity contribution in [3.05, 3.63) is 12.2 Å². The molecule has 1 saturated heterocycles. The molecule has 0 spiro atoms. The maximum atomic E-state index is 13.1. The van der Waals surface area contributed by atoms with E-state index in [1.54, 1.807) is 6.08 Å². The van der Waals surface area contributed by atoms with Gasteiger partial charge in [-0.15, -0.1) is 0 Å². The topological polar surface area (TPSA) is 192 Å². The molecular formula is C62H121NO11S. The van der Waals surface area contributed by atoms with Gasteiger partial charge in [0.1, 0.15) is 24.4 Å². The predicted molar refractivity (Wildman–Crippen MR) is 310 cm³/mol. The van der Waals surface area contributed by atoms with Gasteiger partial charge >= 0.3 is 10.4 Å². The molecule has 446 valence electrons. The third-order valence-electron chi connectivity index (χ3n) is 15.6. The SMILES string of the molecule is CCCCCCCCCCC/C=C/C(O)C(COC1OC(CO)C(O)C(OS(=O)(=O)O)C1O)NC(=O)CCCCCCCCCCCCCCCCCCCCCCCCCCCCCCCCCCCCCCC. The van der Waals surface area contributed by atoms with Gasteiger partial charge in [0.25, 0.3) is 0 Å². The summed E-state index contributed by atoms with van der Waals surface area (Å²) in [5, 5.41) is 44.9. The van der Waals surface area contributed by atoms with Gasteiger partial charge in [0.05, 0.1) is 25.4 Å². The fraction of sp³-hybridized carbons (Fsp3) is 0.952. The van der Waals surface area contributed by atoms with Crippen molar-refractivity contribution in [1.82, 2.24) is 5.32 Å². The number of rotatable bonds is 57. The molecule has 0 radical (unpaired) electrons. The quantitative estimate of drug-likeness (QED) is 0.0193. The largest absolute Gasteiger partial charge is 0.397 e. The van der Waals surface area contributed by atoms with Crippen LogP contribution in [0.5, 0.6) is 0 Å². The number of hydrogen-bond acceptors (Lipinski definition) is 10. The maximum absolute atomic E-state index is 13.1. The Labute approximate surface area is 461 Å². The maximum Gasteiger partial charge on any atom is 0.397 e. The predicted octanol–water partition coefficient (Wildman–Crippen LogP) is 15.8. The first kappa shape index (κ1) is 71.9. The summed E-state index contributed by atoms with van der Waals surface area (Å²) >= 11 is 0. The van der Waals surface area contributed by atoms with Gasteiger partial charge in [0.15, 0.2) is 6.29 Å². The summed E-state index contributed by atoms with van der Waals surface area (Å²) in [6.45, 7) is 3.41. The Kier molecular flexibility index (Phi) is 50.0. The molecule has 1 rings (SSSR count). The average Bonchev–Trinajstić information content (AvgIpc) is 3.39. The van der Waals surface area contributed by atoms with Gasteiger partial charge in [-0.05, 0) is 19.3 Å². The zero-order valence-corrected chi connectivity index (χ0v) is 49.5. The number of hydrogen-bond donors (Lipinski definition) is 6. The molecule has 12 nitrogen and oxygen atoms in total. The zero-order valence-electron chi connectivity index (χ0n) is 48.6. The third-order valence-corrected chi connectivity index (χ3v) is 16.0. The molecular weight excluding hydrogens is 967 g/mol. The van der Waals surface area contributed by atoms with Crippen LogP contribution in [0, 0.1) is 0 Å². The molecule has 1 amide bonds. The highest BCUT2D eigenvalue weighted by Gasteiger charge is 2.48. The molecule has 1 fully saturated rings. The first-order valence-corrected chi connectivity index (χ1v) is 33.4. The van der Waals surface area contributed by atoms with Crippen molar-refractivity contribution < 1.29 is 51.8 Å². The summed E-state index contributed by atoms with van der Waals surface area (Å²) in [6.07, 6.45) is 56.1. The minimum atomic E-state index is -5.08. The molecule has 0 aromatic heterocycles. The Morgan fingerprint density at radius 3 is 1.16 bits per heavy atom. The van der Waals surface area contributed by atoms with Crippen LogP contribution in [0.15, 0.2) is 12.2 Å². The first-order chi connectivity index (χ1) is 36.5. The van der Waals surface area contributed by atoms with Gasteiger partial charge in [-0.2, -0.15) is 8.42 Å². The summed E-state index contributed by atoms with van der Waals surface area (Å²) in [4.78, 5) is 13.1. The Balaban J connectivity index is 2.11. The molecule has 13 heteroatoms. The molecule has 1 aliphatic heterocycles. The van der Waals surface area contributed by atoms with E-state index in [4.69, 9.17) is 9.47 Å². The monoisotopic (exact) mass is 1090 g/mol. The molecule has 0 aromatic rings. The van der Waals surface area contributed by atoms with Crippen LogP contribution in [-0.2, 0) is 28.9 Å². The average molecular weight is 1090 g/mol. The second kappa shape index (κ2) is 52.2. The van der Waals surface area contributed by atoms with Crippen molar-refractivity contribution in [3.8, 4) is 0 Å². The summed E-state index contributed by atoms with van der Waals surface area (Å²) in [7, 11) is -5.08. The lowest BCUT2D eigenvalue weighted by molar-refractivity contribution is -0.298. The van der Waals surface area contributed by atoms with Gasteiger partial charge in [-0.1, -0.05) is 309 Å². The number of carbonyl (C=O) groups is 1. The number of ether oxygens (including phenoxy) is 2. The minimum Gasteiger partial charge on any atom is -0.394 e. The third kappa shape index (κ3) is 44.3. The van der Waals surface area contributed by atoms with Crippen LogP contribution in [0.3, 0.4) is 0 Å². The van der Waals surface area contributed by atoms with E-state index in [1.165, 1.54) is 257 Å². The molecule has 0 aromatic carbocycles. The van der Waals surface area contributed by atoms with Crippen LogP contribution in [0.1, 0.15) is 322 Å². The Bertz CT molecular complexity index is 1370. The fourth-order valence-electron chi connectivity index (χ4n) is 10.6. The summed E-state index contributed by atoms with van der Waals surface area (Å²) in [6, 6.07) is -0.939. The highest BCUT2D eigenvalue weighted by Crippen LogP contribution is 2.26. The minimum absolute atomic E-state index is 0.257. The van der Waals surface area contributed by atoms with Crippen molar-refractivity contribution >= 4 is 16.3 Å². The molecule has 6 N–H and O–H groups in total. The van der Waals surface area contributed by atoms with Gasteiger partial charge in [-0.3, -0.25) is 9.35 Å². The highest BCUT2D eigenvalue weighted by molar-refractivity contribution is 7.80. The Morgan fingerprint density at radius 2 is 0.840 bits per heavy atom. The van der Waals surface area contributed by atoms with Crippen LogP contribution in [0.2, 0.25) is 0 Å². The normalized spacial score (nSPS) is 19.1. The first-order valence-electron chi connectivity index (χ1n) is 32.1. The molecule has 0 saturated carbocycles. The zero-order chi connectivity index (χ0) is 54.7. The van der Waals surface area contributed by atoms with Gasteiger partial charge in [0.2, 0.25) is 5.91 Å². The van der Waals surface area contributed by atoms with E-state index in [2.05, 4.69) is 23.3 Å². The molecule has 1 heterocycles. The van der Waals surface area contributed by atoms with E-state index in [0.29, 0.717) is 6.42 Å². The van der Waals surface area contributed by atoms with Crippen LogP contribution < -0.4 is 5.32 Å². The standard InChI is InChI=1S/C62H121NO11S/c1-3-5-7-9-11-13-15-16-17-18-19-20-21-22-23-24-25-26-27-28-29-30-31-32-33-34-35-36-37-38-39-40-42-44-46-48-50-52-58(66)63-55(56(65)51-49-47-45-43-41-14-12-10-8-6-4-2)54-72-62-60(68)61(74-75(69,70)71)59(67)57(53-64)73-62/h49,51,55-57,59-62,64-65,67-68H,3-48,50,52-54H2,1-2H3,(H,63,66)(H,69,70,71)/b51-49+. The van der Waals surface area contributed by atoms with E-state index < -0.39 is 59.9 Å². The van der Waals surface area contributed by atoms with E-state index in [1.807, 2.05) is 6.08 Å². The van der Waals surface area contributed by atoms with E-state index >= 15 is 0 Å². The van der Waals surface area contributed by atoms with Crippen LogP contribution >= 0.6 is 0 Å². The van der Waals surface area contributed by atoms with E-state index in [-0.39, 0.29) is 18.9 Å². The van der Waals surface area contributed by atoms with Crippen molar-refractivity contribution in [1.29, 1.82) is 0 Å². The summed E-state index contributed by atoms with van der Waals surface area (Å²) in [5.74, 6) is -0.257. The number of carbonyl (C=O) groups excluding carboxylic acids is 1. The highest BCUT2D eigenvalue weighted by atomic mass is 32.3. The second-order valence-corrected chi connectivity index (χ2v) is 23.8. The molecule has 1 aliphatic rings. The van der Waals surface area contributed by atoms with Crippen LogP contribution in [-0.4, -0.2) is 95.4 Å². The molecule has 0 aliphatic carbocycles. The van der Waals surface area contributed by atoms with Gasteiger partial charge in [0, 0.05) is 6.42 Å². The number of aliphatic hydroxyl groups is 4. The van der Waals surface area contributed by atoms with Gasteiger partial charge in [-0.25, -0.2) is 4.18 Å².